The fourth-order valence-electron chi connectivity index (χ4n) is 4.08. The molecule has 35 heavy (non-hydrogen) atoms. The number of rotatable bonds is 9. The Morgan fingerprint density at radius 1 is 1.06 bits per heavy atom. The van der Waals surface area contributed by atoms with Gasteiger partial charge in [0.15, 0.2) is 0 Å². The van der Waals surface area contributed by atoms with Gasteiger partial charge in [-0.2, -0.15) is 0 Å². The molecule has 3 rings (SSSR count). The molecule has 0 unspecified atom stereocenters. The molecule has 0 bridgehead atoms. The molecule has 1 saturated carbocycles. The van der Waals surface area contributed by atoms with E-state index in [1.807, 2.05) is 0 Å². The fraction of sp³-hybridized carbons (Fsp3) is 0.417. The Bertz CT molecular complexity index is 1190. The molecule has 2 aromatic carbocycles. The average molecular weight is 561 g/mol. The summed E-state index contributed by atoms with van der Waals surface area (Å²) < 4.78 is 26.2. The van der Waals surface area contributed by atoms with E-state index in [-0.39, 0.29) is 29.2 Å². The van der Waals surface area contributed by atoms with Gasteiger partial charge in [-0.15, -0.1) is 0 Å². The molecule has 1 atom stereocenters. The maximum Gasteiger partial charge on any atom is 0.244 e. The number of nitrogens with one attached hydrogen (secondary N) is 1. The summed E-state index contributed by atoms with van der Waals surface area (Å²) in [6, 6.07) is 10.5. The number of sulfonamides is 1. The lowest BCUT2D eigenvalue weighted by molar-refractivity contribution is -0.139. The Morgan fingerprint density at radius 3 is 2.31 bits per heavy atom. The molecule has 0 aromatic heterocycles. The first-order chi connectivity index (χ1) is 16.5. The Balaban J connectivity index is 1.90. The van der Waals surface area contributed by atoms with E-state index < -0.39 is 28.5 Å². The van der Waals surface area contributed by atoms with E-state index in [0.29, 0.717) is 15.6 Å². The predicted octanol–water partition coefficient (Wildman–Crippen LogP) is 4.89. The van der Waals surface area contributed by atoms with Crippen molar-refractivity contribution in [3.05, 3.63) is 63.1 Å². The van der Waals surface area contributed by atoms with Crippen LogP contribution in [-0.4, -0.2) is 50.0 Å². The minimum absolute atomic E-state index is 0.0740. The van der Waals surface area contributed by atoms with Gasteiger partial charge in [-0.25, -0.2) is 8.42 Å². The Hall–Kier alpha value is -2.00. The molecule has 11 heteroatoms. The number of benzene rings is 2. The lowest BCUT2D eigenvalue weighted by Gasteiger charge is -2.32. The number of amides is 2. The molecule has 1 fully saturated rings. The lowest BCUT2D eigenvalue weighted by atomic mass is 10.1. The van der Waals surface area contributed by atoms with Gasteiger partial charge in [-0.3, -0.25) is 13.9 Å². The highest BCUT2D eigenvalue weighted by Gasteiger charge is 2.32. The third-order valence-electron chi connectivity index (χ3n) is 5.97. The summed E-state index contributed by atoms with van der Waals surface area (Å²) in [5, 5.41) is 3.92. The third kappa shape index (κ3) is 7.49. The molecule has 0 radical (unpaired) electrons. The average Bonchev–Trinajstić information content (AvgIpc) is 3.28. The Labute approximate surface area is 221 Å². The zero-order valence-corrected chi connectivity index (χ0v) is 22.6. The quantitative estimate of drug-likeness (QED) is 0.473. The standard InChI is InChI=1S/C24H28Cl3N3O4S/c1-16(24(32)28-20-8-3-4-9-20)29(14-17-6-5-7-18(25)12-17)23(31)15-30(35(2,33)34)22-11-10-19(26)13-21(22)27/h5-7,10-13,16,20H,3-4,8-9,14-15H2,1-2H3,(H,28,32)/t16-/m1/s1. The van der Waals surface area contributed by atoms with Crippen molar-refractivity contribution in [3.63, 3.8) is 0 Å². The molecule has 1 aliphatic carbocycles. The van der Waals surface area contributed by atoms with Crippen molar-refractivity contribution in [3.8, 4) is 0 Å². The molecule has 0 aliphatic heterocycles. The van der Waals surface area contributed by atoms with E-state index in [2.05, 4.69) is 5.32 Å². The maximum absolute atomic E-state index is 13.6. The van der Waals surface area contributed by atoms with Crippen LogP contribution in [0.15, 0.2) is 42.5 Å². The van der Waals surface area contributed by atoms with Crippen LogP contribution in [0.25, 0.3) is 0 Å². The van der Waals surface area contributed by atoms with Crippen molar-refractivity contribution in [2.45, 2.75) is 51.2 Å². The number of anilines is 1. The molecular weight excluding hydrogens is 533 g/mol. The van der Waals surface area contributed by atoms with Crippen LogP contribution in [0.2, 0.25) is 15.1 Å². The summed E-state index contributed by atoms with van der Waals surface area (Å²) in [6.07, 6.45) is 4.89. The van der Waals surface area contributed by atoms with Crippen LogP contribution >= 0.6 is 34.8 Å². The number of halogens is 3. The minimum Gasteiger partial charge on any atom is -0.352 e. The molecule has 7 nitrogen and oxygen atoms in total. The SMILES string of the molecule is C[C@H](C(=O)NC1CCCC1)N(Cc1cccc(Cl)c1)C(=O)CN(c1ccc(Cl)cc1Cl)S(C)(=O)=O. The first-order valence-corrected chi connectivity index (χ1v) is 14.2. The second-order valence-electron chi connectivity index (χ2n) is 8.68. The minimum atomic E-state index is -3.89. The third-order valence-corrected chi connectivity index (χ3v) is 7.87. The van der Waals surface area contributed by atoms with Crippen molar-refractivity contribution >= 4 is 62.3 Å². The summed E-state index contributed by atoms with van der Waals surface area (Å²) in [7, 11) is -3.89. The smallest absolute Gasteiger partial charge is 0.244 e. The number of carbonyl (C=O) groups excluding carboxylic acids is 2. The number of nitrogens with zero attached hydrogens (tertiary/aromatic N) is 2. The highest BCUT2D eigenvalue weighted by Crippen LogP contribution is 2.30. The normalized spacial score (nSPS) is 15.0. The van der Waals surface area contributed by atoms with E-state index in [1.54, 1.807) is 31.2 Å². The number of hydrogen-bond donors (Lipinski definition) is 1. The number of carbonyl (C=O) groups is 2. The monoisotopic (exact) mass is 559 g/mol. The van der Waals surface area contributed by atoms with E-state index in [4.69, 9.17) is 34.8 Å². The summed E-state index contributed by atoms with van der Waals surface area (Å²) in [5.74, 6) is -0.849. The van der Waals surface area contributed by atoms with Crippen molar-refractivity contribution in [2.75, 3.05) is 17.1 Å². The van der Waals surface area contributed by atoms with E-state index in [0.717, 1.165) is 36.2 Å². The van der Waals surface area contributed by atoms with Gasteiger partial charge < -0.3 is 10.2 Å². The van der Waals surface area contributed by atoms with Gasteiger partial charge in [0.25, 0.3) is 0 Å². The molecule has 1 aliphatic rings. The summed E-state index contributed by atoms with van der Waals surface area (Å²) in [6.45, 7) is 1.17. The largest absolute Gasteiger partial charge is 0.352 e. The van der Waals surface area contributed by atoms with Gasteiger partial charge in [0.1, 0.15) is 12.6 Å². The van der Waals surface area contributed by atoms with Crippen LogP contribution in [0.4, 0.5) is 5.69 Å². The topological polar surface area (TPSA) is 86.8 Å². The zero-order chi connectivity index (χ0) is 25.8. The second-order valence-corrected chi connectivity index (χ2v) is 11.9. The molecular formula is C24H28Cl3N3O4S. The van der Waals surface area contributed by atoms with Gasteiger partial charge in [-0.1, -0.05) is 59.8 Å². The highest BCUT2D eigenvalue weighted by molar-refractivity contribution is 7.92. The highest BCUT2D eigenvalue weighted by atomic mass is 35.5. The van der Waals surface area contributed by atoms with Crippen LogP contribution in [0.1, 0.15) is 38.2 Å². The van der Waals surface area contributed by atoms with Gasteiger partial charge >= 0.3 is 0 Å². The zero-order valence-electron chi connectivity index (χ0n) is 19.5. The van der Waals surface area contributed by atoms with E-state index in [9.17, 15) is 18.0 Å². The van der Waals surface area contributed by atoms with E-state index >= 15 is 0 Å². The van der Waals surface area contributed by atoms with Crippen molar-refractivity contribution < 1.29 is 18.0 Å². The molecule has 2 aromatic rings. The molecule has 0 spiro atoms. The summed E-state index contributed by atoms with van der Waals surface area (Å²) >= 11 is 18.3. The lowest BCUT2D eigenvalue weighted by Crippen LogP contribution is -2.52. The molecule has 1 N–H and O–H groups in total. The van der Waals surface area contributed by atoms with Crippen molar-refractivity contribution in [1.29, 1.82) is 0 Å². The van der Waals surface area contributed by atoms with Crippen LogP contribution < -0.4 is 9.62 Å². The number of hydrogen-bond acceptors (Lipinski definition) is 4. The van der Waals surface area contributed by atoms with Gasteiger partial charge in [0, 0.05) is 22.6 Å². The fourth-order valence-corrected chi connectivity index (χ4v) is 5.72. The van der Waals surface area contributed by atoms with Gasteiger partial charge in [-0.05, 0) is 55.7 Å². The Kier molecular flexibility index (Phi) is 9.32. The second kappa shape index (κ2) is 11.8. The van der Waals surface area contributed by atoms with Crippen LogP contribution in [0.5, 0.6) is 0 Å². The molecule has 2 amide bonds. The summed E-state index contributed by atoms with van der Waals surface area (Å²) in [4.78, 5) is 28.0. The Morgan fingerprint density at radius 2 is 1.71 bits per heavy atom. The van der Waals surface area contributed by atoms with Crippen molar-refractivity contribution in [2.24, 2.45) is 0 Å². The molecule has 0 heterocycles. The van der Waals surface area contributed by atoms with Crippen LogP contribution in [-0.2, 0) is 26.2 Å². The maximum atomic E-state index is 13.6. The van der Waals surface area contributed by atoms with Gasteiger partial charge in [0.2, 0.25) is 21.8 Å². The van der Waals surface area contributed by atoms with Crippen molar-refractivity contribution in [1.82, 2.24) is 10.2 Å². The predicted molar refractivity (Wildman–Crippen MR) is 141 cm³/mol. The van der Waals surface area contributed by atoms with Crippen LogP contribution in [0.3, 0.4) is 0 Å². The molecule has 190 valence electrons. The first-order valence-electron chi connectivity index (χ1n) is 11.2. The van der Waals surface area contributed by atoms with E-state index in [1.165, 1.54) is 23.1 Å². The summed E-state index contributed by atoms with van der Waals surface area (Å²) in [5.41, 5.74) is 0.833. The van der Waals surface area contributed by atoms with Gasteiger partial charge in [0.05, 0.1) is 17.0 Å². The first kappa shape index (κ1) is 27.6. The van der Waals surface area contributed by atoms with Crippen LogP contribution in [0, 0.1) is 0 Å². The molecule has 0 saturated heterocycles.